The number of nitrogens with zero attached hydrogens (tertiary/aromatic N) is 1. The highest BCUT2D eigenvalue weighted by molar-refractivity contribution is 7.93. The van der Waals surface area contributed by atoms with E-state index in [2.05, 4.69) is 0 Å². The Labute approximate surface area is 195 Å². The van der Waals surface area contributed by atoms with E-state index in [4.69, 9.17) is 9.79 Å². The van der Waals surface area contributed by atoms with Crippen LogP contribution in [0.15, 0.2) is 52.7 Å². The molecule has 1 aromatic heterocycles. The summed E-state index contributed by atoms with van der Waals surface area (Å²) in [4.78, 5) is 10.5. The van der Waals surface area contributed by atoms with Crippen LogP contribution in [0.3, 0.4) is 0 Å². The van der Waals surface area contributed by atoms with Gasteiger partial charge in [0.2, 0.25) is 0 Å². The van der Waals surface area contributed by atoms with E-state index in [0.29, 0.717) is 16.5 Å². The second-order valence-electron chi connectivity index (χ2n) is 6.91. The lowest BCUT2D eigenvalue weighted by Crippen LogP contribution is -2.12. The molecule has 180 valence electrons. The minimum Gasteiger partial charge on any atom is -0.504 e. The maximum Gasteiger partial charge on any atom is 0.417 e. The summed E-state index contributed by atoms with van der Waals surface area (Å²) < 4.78 is 81.4. The minimum absolute atomic E-state index is 0.146. The lowest BCUT2D eigenvalue weighted by Gasteiger charge is -2.15. The van der Waals surface area contributed by atoms with Gasteiger partial charge in [-0.2, -0.15) is 18.4 Å². The van der Waals surface area contributed by atoms with Gasteiger partial charge in [-0.05, 0) is 54.1 Å². The van der Waals surface area contributed by atoms with Gasteiger partial charge in [-0.15, -0.1) is 11.3 Å². The summed E-state index contributed by atoms with van der Waals surface area (Å²) in [5.74, 6) is -2.22. The molecule has 3 aromatic rings. The summed E-state index contributed by atoms with van der Waals surface area (Å²) in [7, 11) is -8.74. The lowest BCUT2D eigenvalue weighted by atomic mass is 10.1. The van der Waals surface area contributed by atoms with Gasteiger partial charge in [0.05, 0.1) is 29.1 Å². The fourth-order valence-electron chi connectivity index (χ4n) is 2.78. The number of hydrogen-bond acceptors (Lipinski definition) is 8. The highest BCUT2D eigenvalue weighted by Gasteiger charge is 2.35. The zero-order valence-corrected chi connectivity index (χ0v) is 19.4. The van der Waals surface area contributed by atoms with Gasteiger partial charge in [-0.1, -0.05) is 0 Å². The Morgan fingerprint density at radius 1 is 1.06 bits per heavy atom. The Morgan fingerprint density at radius 2 is 1.76 bits per heavy atom. The van der Waals surface area contributed by atoms with Crippen molar-refractivity contribution in [3.05, 3.63) is 59.7 Å². The number of alkyl halides is 3. The molecule has 0 amide bonds. The molecule has 0 aliphatic carbocycles. The van der Waals surface area contributed by atoms with Gasteiger partial charge in [0.15, 0.2) is 21.3 Å². The zero-order chi connectivity index (χ0) is 25.3. The third-order valence-corrected chi connectivity index (χ3v) is 9.47. The Hall–Kier alpha value is -3.04. The topological polar surface area (TPSA) is 145 Å². The Bertz CT molecular complexity index is 1430. The first kappa shape index (κ1) is 25.6. The smallest absolute Gasteiger partial charge is 0.417 e. The number of hydrogen-bond donors (Lipinski definition) is 3. The third-order valence-electron chi connectivity index (χ3n) is 4.46. The molecule has 8 nitrogen and oxygen atoms in total. The number of phenolic OH excluding ortho intramolecular Hbond substituents is 2. The molecule has 0 saturated heterocycles. The van der Waals surface area contributed by atoms with Crippen LogP contribution >= 0.6 is 18.9 Å². The Morgan fingerprint density at radius 3 is 2.38 bits per heavy atom. The maximum atomic E-state index is 13.1. The summed E-state index contributed by atoms with van der Waals surface area (Å²) in [6, 6.07) is 10.1. The van der Waals surface area contributed by atoms with Gasteiger partial charge in [0.25, 0.3) is 0 Å². The zero-order valence-electron chi connectivity index (χ0n) is 16.9. The predicted molar refractivity (Wildman–Crippen MR) is 117 cm³/mol. The SMILES string of the molecule is N#Cc1ccc(OP(=O)(O)CCS(=O)(=O)c2ccc(-c3ccc(O)c(O)c3)s2)cc1C(F)(F)F. The molecule has 0 saturated carbocycles. The van der Waals surface area contributed by atoms with E-state index in [1.807, 2.05) is 0 Å². The standard InChI is InChI=1S/C20H15F3NO7PS2/c21-20(22,23)15-10-14(3-1-13(15)11-24)31-32(27,28)7-8-34(29,30)19-6-5-18(33-19)12-2-4-16(25)17(26)9-12/h1-6,9-10,25-26H,7-8H2,(H,27,28). The molecule has 1 unspecified atom stereocenters. The molecular weight excluding hydrogens is 518 g/mol. The number of thiophene rings is 1. The van der Waals surface area contributed by atoms with Crippen LogP contribution in [-0.2, 0) is 20.6 Å². The average Bonchev–Trinajstić information content (AvgIpc) is 3.25. The van der Waals surface area contributed by atoms with E-state index in [0.717, 1.165) is 23.5 Å². The van der Waals surface area contributed by atoms with Crippen molar-refractivity contribution in [3.8, 4) is 33.8 Å². The van der Waals surface area contributed by atoms with Gasteiger partial charge >= 0.3 is 13.8 Å². The number of aromatic hydroxyl groups is 2. The van der Waals surface area contributed by atoms with Crippen LogP contribution in [-0.4, -0.2) is 35.4 Å². The van der Waals surface area contributed by atoms with E-state index < -0.39 is 58.2 Å². The van der Waals surface area contributed by atoms with Gasteiger partial charge < -0.3 is 19.6 Å². The van der Waals surface area contributed by atoms with Crippen molar-refractivity contribution < 1.29 is 45.8 Å². The summed E-state index contributed by atoms with van der Waals surface area (Å²) >= 11 is 0.822. The van der Waals surface area contributed by atoms with E-state index in [9.17, 15) is 41.3 Å². The van der Waals surface area contributed by atoms with Crippen LogP contribution < -0.4 is 4.52 Å². The van der Waals surface area contributed by atoms with E-state index in [1.54, 1.807) is 0 Å². The molecule has 0 radical (unpaired) electrons. The molecular formula is C20H15F3NO7PS2. The van der Waals surface area contributed by atoms with Crippen molar-refractivity contribution in [3.63, 3.8) is 0 Å². The fraction of sp³-hybridized carbons (Fsp3) is 0.150. The molecule has 0 fully saturated rings. The van der Waals surface area contributed by atoms with Crippen LogP contribution in [0, 0.1) is 11.3 Å². The number of rotatable bonds is 7. The fourth-order valence-corrected chi connectivity index (χ4v) is 7.43. The van der Waals surface area contributed by atoms with Gasteiger partial charge in [-0.3, -0.25) is 0 Å². The molecule has 3 N–H and O–H groups in total. The molecule has 3 rings (SSSR count). The van der Waals surface area contributed by atoms with Gasteiger partial charge in [0.1, 0.15) is 9.96 Å². The highest BCUT2D eigenvalue weighted by atomic mass is 32.2. The van der Waals surface area contributed by atoms with E-state index >= 15 is 0 Å². The molecule has 1 atom stereocenters. The number of sulfone groups is 1. The first-order chi connectivity index (χ1) is 15.7. The first-order valence-electron chi connectivity index (χ1n) is 9.19. The van der Waals surface area contributed by atoms with Crippen molar-refractivity contribution >= 4 is 28.8 Å². The van der Waals surface area contributed by atoms with Crippen LogP contribution in [0.25, 0.3) is 10.4 Å². The van der Waals surface area contributed by atoms with Crippen molar-refractivity contribution in [2.24, 2.45) is 0 Å². The van der Waals surface area contributed by atoms with Crippen LogP contribution in [0.5, 0.6) is 17.2 Å². The van der Waals surface area contributed by atoms with E-state index in [-0.39, 0.29) is 9.96 Å². The number of halogens is 3. The number of benzene rings is 2. The van der Waals surface area contributed by atoms with Crippen molar-refractivity contribution in [2.45, 2.75) is 10.4 Å². The largest absolute Gasteiger partial charge is 0.504 e. The summed E-state index contributed by atoms with van der Waals surface area (Å²) in [5.41, 5.74) is -1.63. The van der Waals surface area contributed by atoms with Crippen LogP contribution in [0.2, 0.25) is 0 Å². The van der Waals surface area contributed by atoms with Crippen molar-refractivity contribution in [2.75, 3.05) is 11.9 Å². The molecule has 0 aliphatic rings. The maximum absolute atomic E-state index is 13.1. The van der Waals surface area contributed by atoms with E-state index in [1.165, 1.54) is 36.4 Å². The Kier molecular flexibility index (Phi) is 7.00. The second kappa shape index (κ2) is 9.31. The molecule has 34 heavy (non-hydrogen) atoms. The number of nitriles is 1. The summed E-state index contributed by atoms with van der Waals surface area (Å²) in [6.45, 7) is 0. The molecule has 0 aliphatic heterocycles. The summed E-state index contributed by atoms with van der Waals surface area (Å²) in [5, 5.41) is 27.8. The lowest BCUT2D eigenvalue weighted by molar-refractivity contribution is -0.137. The Balaban J connectivity index is 1.74. The van der Waals surface area contributed by atoms with Crippen LogP contribution in [0.4, 0.5) is 13.2 Å². The predicted octanol–water partition coefficient (Wildman–Crippen LogP) is 4.75. The second-order valence-corrected chi connectivity index (χ2v) is 12.2. The third kappa shape index (κ3) is 5.90. The number of phenols is 2. The van der Waals surface area contributed by atoms with Gasteiger partial charge in [-0.25, -0.2) is 13.0 Å². The van der Waals surface area contributed by atoms with Gasteiger partial charge in [0, 0.05) is 4.88 Å². The normalized spacial score (nSPS) is 13.7. The highest BCUT2D eigenvalue weighted by Crippen LogP contribution is 2.45. The molecule has 2 aromatic carbocycles. The quantitative estimate of drug-likeness (QED) is 0.291. The monoisotopic (exact) mass is 533 g/mol. The molecule has 14 heteroatoms. The van der Waals surface area contributed by atoms with Crippen molar-refractivity contribution in [1.29, 1.82) is 5.26 Å². The van der Waals surface area contributed by atoms with Crippen molar-refractivity contribution in [1.82, 2.24) is 0 Å². The molecule has 0 spiro atoms. The van der Waals surface area contributed by atoms with Crippen LogP contribution in [0.1, 0.15) is 11.1 Å². The molecule has 0 bridgehead atoms. The summed E-state index contributed by atoms with van der Waals surface area (Å²) in [6.07, 6.45) is -5.80. The first-order valence-corrected chi connectivity index (χ1v) is 13.4. The molecule has 1 heterocycles. The minimum atomic E-state index is -4.90. The average molecular weight is 533 g/mol.